The maximum atomic E-state index is 10.4. The van der Waals surface area contributed by atoms with Crippen LogP contribution in [0.3, 0.4) is 0 Å². The van der Waals surface area contributed by atoms with E-state index in [4.69, 9.17) is 5.41 Å². The first kappa shape index (κ1) is 26.3. The van der Waals surface area contributed by atoms with E-state index in [2.05, 4.69) is 10.6 Å². The van der Waals surface area contributed by atoms with Crippen LogP contribution in [0.25, 0.3) is 0 Å². The molecular formula is C9H24N6O5. The minimum Gasteiger partial charge on any atom is -0.870 e. The van der Waals surface area contributed by atoms with Crippen molar-refractivity contribution in [2.75, 3.05) is 27.2 Å². The summed E-state index contributed by atoms with van der Waals surface area (Å²) in [4.78, 5) is 33.9. The van der Waals surface area contributed by atoms with Gasteiger partial charge in [-0.2, -0.15) is 0 Å². The molecule has 0 aliphatic carbocycles. The largest absolute Gasteiger partial charge is 0.870 e. The van der Waals surface area contributed by atoms with Gasteiger partial charge in [0.1, 0.15) is 6.54 Å². The minimum absolute atomic E-state index is 0. The van der Waals surface area contributed by atoms with E-state index in [1.807, 2.05) is 0 Å². The van der Waals surface area contributed by atoms with E-state index in [0.29, 0.717) is 6.54 Å². The number of nitrogens with one attached hydrogen (secondary N) is 3. The van der Waals surface area contributed by atoms with E-state index < -0.39 is 0 Å². The zero-order valence-electron chi connectivity index (χ0n) is 11.0. The van der Waals surface area contributed by atoms with Crippen molar-refractivity contribution in [1.82, 2.24) is 26.6 Å². The van der Waals surface area contributed by atoms with Gasteiger partial charge in [0, 0.05) is 14.1 Å². The van der Waals surface area contributed by atoms with Crippen LogP contribution in [0.1, 0.15) is 7.43 Å². The highest BCUT2D eigenvalue weighted by Gasteiger charge is 2.22. The summed E-state index contributed by atoms with van der Waals surface area (Å²) in [6.45, 7) is 0.512. The summed E-state index contributed by atoms with van der Waals surface area (Å²) >= 11 is 0. The first-order chi connectivity index (χ1) is 7.40. The number of hydrogen-bond donors (Lipinski definition) is 4. The molecule has 0 aromatic rings. The third kappa shape index (κ3) is 7.25. The molecule has 11 nitrogen and oxygen atoms in total. The van der Waals surface area contributed by atoms with Gasteiger partial charge in [-0.1, -0.05) is 7.43 Å². The molecule has 0 unspecified atom stereocenters. The summed E-state index contributed by atoms with van der Waals surface area (Å²) in [5, 5.41) is 11.4. The highest BCUT2D eigenvalue weighted by Crippen LogP contribution is 1.90. The molecule has 11 heteroatoms. The van der Waals surface area contributed by atoms with E-state index in [1.165, 1.54) is 4.90 Å². The lowest BCUT2D eigenvalue weighted by molar-refractivity contribution is -0.119. The van der Waals surface area contributed by atoms with Crippen LogP contribution < -0.4 is 16.8 Å². The average molecular weight is 296 g/mol. The molecular weight excluding hydrogens is 272 g/mol. The normalized spacial score (nSPS) is 15.5. The molecule has 0 spiro atoms. The van der Waals surface area contributed by atoms with Crippen molar-refractivity contribution in [3.05, 3.63) is 0 Å². The second-order valence-electron chi connectivity index (χ2n) is 3.46. The molecule has 2 aliphatic rings. The van der Waals surface area contributed by atoms with Crippen LogP contribution in [0.5, 0.6) is 0 Å². The number of likely N-dealkylation sites (N-methyl/N-ethyl adjacent to an activating group) is 2. The number of carbonyl (C=O) groups excluding carboxylic acids is 3. The van der Waals surface area contributed by atoms with Crippen molar-refractivity contribution in [3.63, 3.8) is 0 Å². The Morgan fingerprint density at radius 2 is 1.40 bits per heavy atom. The van der Waals surface area contributed by atoms with Crippen LogP contribution in [0.2, 0.25) is 0 Å². The third-order valence-corrected chi connectivity index (χ3v) is 1.99. The Hall–Kier alpha value is -2.24. The average Bonchev–Trinajstić information content (AvgIpc) is 2.58. The Bertz CT molecular complexity index is 327. The van der Waals surface area contributed by atoms with Crippen molar-refractivity contribution in [2.45, 2.75) is 7.43 Å². The van der Waals surface area contributed by atoms with Gasteiger partial charge in [-0.3, -0.25) is 25.6 Å². The number of nitrogens with zero attached hydrogens (tertiary/aromatic N) is 2. The lowest BCUT2D eigenvalue weighted by Crippen LogP contribution is -2.25. The maximum Gasteiger partial charge on any atom is 0.324 e. The molecule has 2 fully saturated rings. The van der Waals surface area contributed by atoms with Crippen LogP contribution in [0.15, 0.2) is 0 Å². The van der Waals surface area contributed by atoms with Crippen LogP contribution in [0, 0.1) is 5.41 Å². The summed E-state index contributed by atoms with van der Waals surface area (Å²) in [7, 11) is 3.26. The molecule has 4 amide bonds. The summed E-state index contributed by atoms with van der Waals surface area (Å²) in [5.74, 6) is -0.134. The van der Waals surface area contributed by atoms with Crippen LogP contribution >= 0.6 is 0 Å². The summed E-state index contributed by atoms with van der Waals surface area (Å²) in [5.41, 5.74) is 0. The minimum atomic E-state index is -0.310. The van der Waals surface area contributed by atoms with Gasteiger partial charge in [0.2, 0.25) is 11.8 Å². The second-order valence-corrected chi connectivity index (χ2v) is 3.46. The Labute approximate surface area is 117 Å². The first-order valence-corrected chi connectivity index (χ1v) is 4.54. The molecule has 2 rings (SSSR count). The summed E-state index contributed by atoms with van der Waals surface area (Å²) < 4.78 is 0. The third-order valence-electron chi connectivity index (χ3n) is 1.99. The van der Waals surface area contributed by atoms with Crippen molar-refractivity contribution in [1.29, 1.82) is 5.41 Å². The van der Waals surface area contributed by atoms with Gasteiger partial charge in [-0.05, 0) is 0 Å². The topological polar surface area (TPSA) is 204 Å². The van der Waals surface area contributed by atoms with Gasteiger partial charge in [-0.15, -0.1) is 0 Å². The predicted octanol–water partition coefficient (Wildman–Crippen LogP) is -1.84. The SMILES string of the molecule is C.CN1CC(=O)NC1=N.CN1CC(=O)NC1=O.O.[NH4+].[OH-]. The van der Waals surface area contributed by atoms with Crippen LogP contribution in [0.4, 0.5) is 4.79 Å². The van der Waals surface area contributed by atoms with Gasteiger partial charge >= 0.3 is 6.03 Å². The van der Waals surface area contributed by atoms with Gasteiger partial charge in [0.15, 0.2) is 5.96 Å². The summed E-state index contributed by atoms with van der Waals surface area (Å²) in [6, 6.07) is -0.310. The van der Waals surface area contributed by atoms with Crippen LogP contribution in [-0.4, -0.2) is 71.7 Å². The smallest absolute Gasteiger partial charge is 0.324 e. The zero-order chi connectivity index (χ0) is 12.3. The fourth-order valence-electron chi connectivity index (χ4n) is 1.10. The van der Waals surface area contributed by atoms with Crippen LogP contribution in [-0.2, 0) is 9.59 Å². The van der Waals surface area contributed by atoms with Gasteiger partial charge in [-0.25, -0.2) is 4.79 Å². The number of urea groups is 1. The molecule has 0 aromatic heterocycles. The number of quaternary nitrogens is 1. The Morgan fingerprint density at radius 3 is 1.50 bits per heavy atom. The number of rotatable bonds is 0. The van der Waals surface area contributed by atoms with E-state index >= 15 is 0 Å². The van der Waals surface area contributed by atoms with E-state index in [-0.39, 0.29) is 54.9 Å². The Kier molecular flexibility index (Phi) is 14.0. The second kappa shape index (κ2) is 10.7. The lowest BCUT2D eigenvalue weighted by Gasteiger charge is -2.03. The number of carbonyl (C=O) groups is 3. The highest BCUT2D eigenvalue weighted by molar-refractivity contribution is 6.02. The number of guanidine groups is 1. The fourth-order valence-corrected chi connectivity index (χ4v) is 1.10. The molecule has 0 bridgehead atoms. The number of amides is 4. The summed E-state index contributed by atoms with van der Waals surface area (Å²) in [6.07, 6.45) is 0. The molecule has 10 N–H and O–H groups in total. The molecule has 0 aromatic carbocycles. The van der Waals surface area contributed by atoms with E-state index in [9.17, 15) is 14.4 Å². The fraction of sp³-hybridized carbons (Fsp3) is 0.556. The molecule has 0 atom stereocenters. The molecule has 0 saturated carbocycles. The van der Waals surface area contributed by atoms with Crippen molar-refractivity contribution >= 4 is 23.8 Å². The quantitative estimate of drug-likeness (QED) is 0.379. The van der Waals surface area contributed by atoms with Crippen molar-refractivity contribution in [3.8, 4) is 0 Å². The first-order valence-electron chi connectivity index (χ1n) is 4.54. The van der Waals surface area contributed by atoms with Crippen molar-refractivity contribution in [2.24, 2.45) is 0 Å². The zero-order valence-corrected chi connectivity index (χ0v) is 11.0. The molecule has 120 valence electrons. The Balaban J connectivity index is -0.000000107. The molecule has 20 heavy (non-hydrogen) atoms. The number of imide groups is 1. The lowest BCUT2D eigenvalue weighted by atomic mass is 10.6. The van der Waals surface area contributed by atoms with E-state index in [0.717, 1.165) is 0 Å². The van der Waals surface area contributed by atoms with Gasteiger partial charge in [0.05, 0.1) is 6.54 Å². The Morgan fingerprint density at radius 1 is 1.00 bits per heavy atom. The standard InChI is InChI=1S/C4H7N3O.C4H6N2O2.CH4.H3N.2H2O/c1-7-2-3(8)6-4(7)5;1-6-2-3(7)5-4(6)8;;;;/h2H2,1H3,(H2,5,6,8);2H2,1H3,(H,5,7,8);1H4;1H3;2*1H2. The monoisotopic (exact) mass is 296 g/mol. The molecule has 2 saturated heterocycles. The molecule has 2 aliphatic heterocycles. The highest BCUT2D eigenvalue weighted by atomic mass is 16.2. The maximum absolute atomic E-state index is 10.4. The van der Waals surface area contributed by atoms with E-state index in [1.54, 1.807) is 19.0 Å². The van der Waals surface area contributed by atoms with Gasteiger partial charge < -0.3 is 26.9 Å². The predicted molar refractivity (Wildman–Crippen MR) is 72.9 cm³/mol. The molecule has 2 heterocycles. The molecule has 0 radical (unpaired) electrons. The van der Waals surface area contributed by atoms with Gasteiger partial charge in [0.25, 0.3) is 0 Å². The van der Waals surface area contributed by atoms with Crippen molar-refractivity contribution < 1.29 is 25.3 Å². The number of hydrogen-bond acceptors (Lipinski definition) is 5.